The topological polar surface area (TPSA) is 86.9 Å². The van der Waals surface area contributed by atoms with Gasteiger partial charge in [-0.1, -0.05) is 0 Å². The molecule has 0 saturated carbocycles. The highest BCUT2D eigenvalue weighted by molar-refractivity contribution is 6.04. The Labute approximate surface area is 67.3 Å². The normalized spacial score (nSPS) is 22.2. The van der Waals surface area contributed by atoms with Crippen LogP contribution in [-0.2, 0) is 4.79 Å². The van der Waals surface area contributed by atoms with Crippen molar-refractivity contribution in [3.05, 3.63) is 18.0 Å². The fraction of sp³-hybridized carbons (Fsp3) is 0.167. The first-order valence-corrected chi connectivity index (χ1v) is 3.37. The highest BCUT2D eigenvalue weighted by Gasteiger charge is 2.31. The van der Waals surface area contributed by atoms with E-state index in [1.54, 1.807) is 6.20 Å². The fourth-order valence-corrected chi connectivity index (χ4v) is 1.07. The molecule has 3 amide bonds. The lowest BCUT2D eigenvalue weighted by atomic mass is 10.2. The molecule has 62 valence electrons. The molecule has 0 aliphatic carbocycles. The maximum atomic E-state index is 11.0. The van der Waals surface area contributed by atoms with Crippen LogP contribution in [0.1, 0.15) is 11.6 Å². The van der Waals surface area contributed by atoms with Crippen molar-refractivity contribution in [3.8, 4) is 0 Å². The third-order valence-electron chi connectivity index (χ3n) is 1.63. The number of aromatic amines is 1. The van der Waals surface area contributed by atoms with Gasteiger partial charge in [-0.05, 0) is 0 Å². The molecule has 0 unspecified atom stereocenters. The summed E-state index contributed by atoms with van der Waals surface area (Å²) in [6.45, 7) is 0. The lowest BCUT2D eigenvalue weighted by molar-refractivity contribution is -0.120. The highest BCUT2D eigenvalue weighted by Crippen LogP contribution is 2.13. The number of amides is 3. The summed E-state index contributed by atoms with van der Waals surface area (Å²) >= 11 is 0. The minimum atomic E-state index is -0.601. The number of carbonyl (C=O) groups is 2. The SMILES string of the molecule is O=C1NC(=O)[C@H](c2cn[nH]c2)N1. The van der Waals surface area contributed by atoms with Crippen molar-refractivity contribution in [2.24, 2.45) is 0 Å². The Morgan fingerprint density at radius 3 is 2.75 bits per heavy atom. The number of nitrogens with one attached hydrogen (secondary N) is 3. The van der Waals surface area contributed by atoms with Crippen LogP contribution in [0.4, 0.5) is 4.79 Å². The third kappa shape index (κ3) is 0.931. The quantitative estimate of drug-likeness (QED) is 0.481. The fourth-order valence-electron chi connectivity index (χ4n) is 1.07. The summed E-state index contributed by atoms with van der Waals surface area (Å²) in [6, 6.07) is -1.07. The van der Waals surface area contributed by atoms with E-state index in [0.29, 0.717) is 5.56 Å². The van der Waals surface area contributed by atoms with Crippen molar-refractivity contribution in [1.29, 1.82) is 0 Å². The molecule has 6 heteroatoms. The smallest absolute Gasteiger partial charge is 0.322 e. The predicted molar refractivity (Wildman–Crippen MR) is 38.0 cm³/mol. The van der Waals surface area contributed by atoms with Gasteiger partial charge in [-0.25, -0.2) is 4.79 Å². The molecule has 0 bridgehead atoms. The molecular formula is C6H6N4O2. The van der Waals surface area contributed by atoms with Crippen molar-refractivity contribution in [2.45, 2.75) is 6.04 Å². The Bertz CT molecular complexity index is 318. The van der Waals surface area contributed by atoms with Gasteiger partial charge in [-0.2, -0.15) is 5.10 Å². The summed E-state index contributed by atoms with van der Waals surface area (Å²) in [5, 5.41) is 10.8. The van der Waals surface area contributed by atoms with Crippen molar-refractivity contribution in [1.82, 2.24) is 20.8 Å². The van der Waals surface area contributed by atoms with E-state index in [2.05, 4.69) is 20.8 Å². The number of carbonyl (C=O) groups excluding carboxylic acids is 2. The van der Waals surface area contributed by atoms with Gasteiger partial charge < -0.3 is 5.32 Å². The maximum absolute atomic E-state index is 11.0. The highest BCUT2D eigenvalue weighted by atomic mass is 16.2. The second-order valence-corrected chi connectivity index (χ2v) is 2.43. The number of rotatable bonds is 1. The van der Waals surface area contributed by atoms with E-state index >= 15 is 0 Å². The Hall–Kier alpha value is -1.85. The molecule has 1 atom stereocenters. The van der Waals surface area contributed by atoms with Gasteiger partial charge in [0.15, 0.2) is 0 Å². The molecule has 0 aromatic carbocycles. The van der Waals surface area contributed by atoms with Gasteiger partial charge in [0, 0.05) is 11.8 Å². The largest absolute Gasteiger partial charge is 0.322 e. The standard InChI is InChI=1S/C6H6N4O2/c11-5-4(9-6(12)10-5)3-1-7-8-2-3/h1-2,4H,(H,7,8)(H2,9,10,11,12)/t4-/m0/s1. The minimum Gasteiger partial charge on any atom is -0.322 e. The van der Waals surface area contributed by atoms with E-state index in [0.717, 1.165) is 0 Å². The molecule has 1 aromatic heterocycles. The van der Waals surface area contributed by atoms with E-state index in [9.17, 15) is 9.59 Å². The average Bonchev–Trinajstić information content (AvgIpc) is 2.58. The molecule has 1 saturated heterocycles. The molecule has 1 fully saturated rings. The van der Waals surface area contributed by atoms with Crippen LogP contribution in [0, 0.1) is 0 Å². The summed E-state index contributed by atoms with van der Waals surface area (Å²) < 4.78 is 0. The molecule has 3 N–H and O–H groups in total. The molecule has 1 aliphatic heterocycles. The summed E-state index contributed by atoms with van der Waals surface area (Å²) in [5.41, 5.74) is 0.651. The van der Waals surface area contributed by atoms with Crippen molar-refractivity contribution in [3.63, 3.8) is 0 Å². The molecule has 0 spiro atoms. The van der Waals surface area contributed by atoms with Gasteiger partial charge >= 0.3 is 6.03 Å². The van der Waals surface area contributed by atoms with E-state index in [4.69, 9.17) is 0 Å². The lowest BCUT2D eigenvalue weighted by Gasteiger charge is -2.00. The molecule has 0 radical (unpaired) electrons. The van der Waals surface area contributed by atoms with Crippen LogP contribution in [0.2, 0.25) is 0 Å². The molecule has 12 heavy (non-hydrogen) atoms. The van der Waals surface area contributed by atoms with Gasteiger partial charge in [-0.15, -0.1) is 0 Å². The Balaban J connectivity index is 2.26. The first-order valence-electron chi connectivity index (χ1n) is 3.37. The molecule has 6 nitrogen and oxygen atoms in total. The third-order valence-corrected chi connectivity index (χ3v) is 1.63. The summed E-state index contributed by atoms with van der Waals surface area (Å²) in [7, 11) is 0. The van der Waals surface area contributed by atoms with Crippen LogP contribution in [0.25, 0.3) is 0 Å². The van der Waals surface area contributed by atoms with E-state index in [1.807, 2.05) is 0 Å². The van der Waals surface area contributed by atoms with E-state index in [-0.39, 0.29) is 5.91 Å². The minimum absolute atomic E-state index is 0.346. The first kappa shape index (κ1) is 6.84. The lowest BCUT2D eigenvalue weighted by Crippen LogP contribution is -2.22. The average molecular weight is 166 g/mol. The van der Waals surface area contributed by atoms with Gasteiger partial charge in [0.2, 0.25) is 0 Å². The van der Waals surface area contributed by atoms with E-state index in [1.165, 1.54) is 6.20 Å². The number of urea groups is 1. The van der Waals surface area contributed by atoms with Gasteiger partial charge in [0.25, 0.3) is 5.91 Å². The molecule has 1 aromatic rings. The van der Waals surface area contributed by atoms with Crippen LogP contribution >= 0.6 is 0 Å². The first-order chi connectivity index (χ1) is 5.77. The van der Waals surface area contributed by atoms with Crippen LogP contribution in [-0.4, -0.2) is 22.1 Å². The predicted octanol–water partition coefficient (Wildman–Crippen LogP) is -0.710. The zero-order valence-corrected chi connectivity index (χ0v) is 6.00. The van der Waals surface area contributed by atoms with E-state index < -0.39 is 12.1 Å². The molecule has 2 rings (SSSR count). The Kier molecular flexibility index (Phi) is 1.33. The number of aromatic nitrogens is 2. The summed E-state index contributed by atoms with van der Waals surface area (Å²) in [5.74, 6) is -0.346. The molecule has 1 aliphatic rings. The maximum Gasteiger partial charge on any atom is 0.322 e. The van der Waals surface area contributed by atoms with Gasteiger partial charge in [0.1, 0.15) is 6.04 Å². The second kappa shape index (κ2) is 2.33. The van der Waals surface area contributed by atoms with Crippen molar-refractivity contribution < 1.29 is 9.59 Å². The summed E-state index contributed by atoms with van der Waals surface area (Å²) in [4.78, 5) is 21.7. The van der Waals surface area contributed by atoms with Crippen molar-refractivity contribution in [2.75, 3.05) is 0 Å². The molecular weight excluding hydrogens is 160 g/mol. The second-order valence-electron chi connectivity index (χ2n) is 2.43. The monoisotopic (exact) mass is 166 g/mol. The Morgan fingerprint density at radius 1 is 1.42 bits per heavy atom. The van der Waals surface area contributed by atoms with Crippen LogP contribution in [0.5, 0.6) is 0 Å². The number of hydrogen-bond acceptors (Lipinski definition) is 3. The van der Waals surface area contributed by atoms with Crippen LogP contribution in [0.15, 0.2) is 12.4 Å². The van der Waals surface area contributed by atoms with Gasteiger partial charge in [0.05, 0.1) is 6.20 Å². The van der Waals surface area contributed by atoms with Gasteiger partial charge in [-0.3, -0.25) is 15.2 Å². The van der Waals surface area contributed by atoms with Crippen LogP contribution in [0.3, 0.4) is 0 Å². The van der Waals surface area contributed by atoms with Crippen molar-refractivity contribution >= 4 is 11.9 Å². The zero-order valence-electron chi connectivity index (χ0n) is 6.00. The van der Waals surface area contributed by atoms with Crippen LogP contribution < -0.4 is 10.6 Å². The number of imide groups is 1. The zero-order chi connectivity index (χ0) is 8.55. The number of H-pyrrole nitrogens is 1. The Morgan fingerprint density at radius 2 is 2.25 bits per heavy atom. The number of hydrogen-bond donors (Lipinski definition) is 3. The summed E-state index contributed by atoms with van der Waals surface area (Å²) in [6.07, 6.45) is 3.06. The molecule has 2 heterocycles. The number of nitrogens with zero attached hydrogens (tertiary/aromatic N) is 1.